The predicted molar refractivity (Wildman–Crippen MR) is 282 cm³/mol. The maximum absolute atomic E-state index is 14.6. The summed E-state index contributed by atoms with van der Waals surface area (Å²) in [4.78, 5) is 56.6. The molecule has 0 saturated carbocycles. The first kappa shape index (κ1) is 54.1. The number of esters is 3. The van der Waals surface area contributed by atoms with Crippen molar-refractivity contribution in [3.05, 3.63) is 191 Å². The second-order valence-corrected chi connectivity index (χ2v) is 25.4. The van der Waals surface area contributed by atoms with E-state index in [1.807, 2.05) is 165 Å². The van der Waals surface area contributed by atoms with Gasteiger partial charge in [0.25, 0.3) is 0 Å². The molecule has 0 aliphatic carbocycles. The molecule has 0 saturated heterocycles. The molecule has 13 heteroatoms. The molecule has 2 atom stereocenters. The van der Waals surface area contributed by atoms with Gasteiger partial charge in [0.1, 0.15) is 49.6 Å². The normalized spacial score (nSPS) is 12.7. The van der Waals surface area contributed by atoms with Gasteiger partial charge >= 0.3 is 24.0 Å². The fourth-order valence-corrected chi connectivity index (χ4v) is 8.39. The third-order valence-corrected chi connectivity index (χ3v) is 13.2. The van der Waals surface area contributed by atoms with Gasteiger partial charge in [-0.3, -0.25) is 5.32 Å². The fourth-order valence-electron chi connectivity index (χ4n) is 7.68. The summed E-state index contributed by atoms with van der Waals surface area (Å²) in [6, 6.07) is 48.8. The smallest absolute Gasteiger partial charge is 0.408 e. The van der Waals surface area contributed by atoms with Crippen molar-refractivity contribution in [1.82, 2.24) is 10.6 Å². The van der Waals surface area contributed by atoms with Gasteiger partial charge in [-0.05, 0) is 102 Å². The van der Waals surface area contributed by atoms with Crippen LogP contribution in [0.1, 0.15) is 61.1 Å². The molecule has 0 heterocycles. The number of carbonyl (C=O) groups is 4. The van der Waals surface area contributed by atoms with E-state index >= 15 is 0 Å². The van der Waals surface area contributed by atoms with Crippen LogP contribution in [0.2, 0.25) is 25.7 Å². The third kappa shape index (κ3) is 16.7. The molecule has 0 radical (unpaired) electrons. The van der Waals surface area contributed by atoms with E-state index in [0.29, 0.717) is 33.8 Å². The lowest BCUT2D eigenvalue weighted by atomic mass is 9.88. The van der Waals surface area contributed by atoms with Crippen molar-refractivity contribution in [2.75, 3.05) is 13.2 Å². The summed E-state index contributed by atoms with van der Waals surface area (Å²) in [5.41, 5.74) is 2.99. The highest BCUT2D eigenvalue weighted by molar-refractivity contribution is 6.76. The van der Waals surface area contributed by atoms with Gasteiger partial charge in [-0.2, -0.15) is 0 Å². The van der Waals surface area contributed by atoms with Gasteiger partial charge in [0, 0.05) is 20.9 Å². The number of benzene rings is 6. The average Bonchev–Trinajstić information content (AvgIpc) is 3.36. The number of alkyl carbamates (subject to hydrolysis) is 1. The molecular formula is C59H68N2O10Si. The Bertz CT molecular complexity index is 2690. The third-order valence-electron chi connectivity index (χ3n) is 11.5. The van der Waals surface area contributed by atoms with Crippen LogP contribution < -0.4 is 20.1 Å². The predicted octanol–water partition coefficient (Wildman–Crippen LogP) is 11.2. The molecule has 12 nitrogen and oxygen atoms in total. The molecule has 6 rings (SSSR count). The van der Waals surface area contributed by atoms with E-state index in [0.717, 1.165) is 28.3 Å². The van der Waals surface area contributed by atoms with Crippen LogP contribution in [-0.2, 0) is 72.6 Å². The van der Waals surface area contributed by atoms with E-state index < -0.39 is 49.3 Å². The first-order valence-electron chi connectivity index (χ1n) is 24.4. The highest BCUT2D eigenvalue weighted by Crippen LogP contribution is 2.35. The monoisotopic (exact) mass is 992 g/mol. The first-order valence-corrected chi connectivity index (χ1v) is 28.1. The molecule has 6 aromatic carbocycles. The summed E-state index contributed by atoms with van der Waals surface area (Å²) in [6.45, 7) is 14.5. The lowest BCUT2D eigenvalue weighted by Gasteiger charge is -2.33. The van der Waals surface area contributed by atoms with Crippen LogP contribution in [0.5, 0.6) is 11.5 Å². The topological polar surface area (TPSA) is 148 Å². The lowest BCUT2D eigenvalue weighted by Crippen LogP contribution is -2.62. The van der Waals surface area contributed by atoms with E-state index in [2.05, 4.69) is 30.3 Å². The molecule has 0 fully saturated rings. The number of amides is 1. The van der Waals surface area contributed by atoms with Crippen LogP contribution in [0.3, 0.4) is 0 Å². The highest BCUT2D eigenvalue weighted by Gasteiger charge is 2.50. The minimum Gasteiger partial charge on any atom is -0.489 e. The van der Waals surface area contributed by atoms with Crippen molar-refractivity contribution in [2.24, 2.45) is 0 Å². The Kier molecular flexibility index (Phi) is 19.4. The van der Waals surface area contributed by atoms with Crippen molar-refractivity contribution in [2.45, 2.75) is 110 Å². The zero-order valence-electron chi connectivity index (χ0n) is 42.5. The summed E-state index contributed by atoms with van der Waals surface area (Å²) in [7, 11) is -1.58. The number of hydrogen-bond donors (Lipinski definition) is 2. The van der Waals surface area contributed by atoms with Crippen LogP contribution in [0.25, 0.3) is 11.1 Å². The summed E-state index contributed by atoms with van der Waals surface area (Å²) >= 11 is 0. The van der Waals surface area contributed by atoms with Gasteiger partial charge in [0.05, 0.1) is 6.61 Å². The van der Waals surface area contributed by atoms with Crippen LogP contribution >= 0.6 is 0 Å². The molecule has 2 N–H and O–H groups in total. The molecule has 0 aliphatic rings. The van der Waals surface area contributed by atoms with Crippen molar-refractivity contribution in [1.29, 1.82) is 0 Å². The molecule has 6 aromatic rings. The van der Waals surface area contributed by atoms with Crippen LogP contribution in [0.4, 0.5) is 4.79 Å². The van der Waals surface area contributed by atoms with Gasteiger partial charge in [0.15, 0.2) is 0 Å². The zero-order valence-corrected chi connectivity index (χ0v) is 43.5. The number of carbonyl (C=O) groups excluding carboxylic acids is 4. The molecule has 0 spiro atoms. The summed E-state index contributed by atoms with van der Waals surface area (Å²) in [5, 5.41) is 5.98. The number of likely N-dealkylation sites (N-methyl/N-ethyl adjacent to an activating group) is 1. The van der Waals surface area contributed by atoms with Gasteiger partial charge < -0.3 is 33.7 Å². The van der Waals surface area contributed by atoms with Gasteiger partial charge in [-0.15, -0.1) is 0 Å². The number of hydrogen-bond acceptors (Lipinski definition) is 11. The quantitative estimate of drug-likeness (QED) is 0.0258. The van der Waals surface area contributed by atoms with Gasteiger partial charge in [-0.25, -0.2) is 19.2 Å². The number of nitrogens with one attached hydrogen (secondary N) is 2. The van der Waals surface area contributed by atoms with E-state index in [4.69, 9.17) is 28.4 Å². The van der Waals surface area contributed by atoms with Crippen molar-refractivity contribution in [3.8, 4) is 22.6 Å². The van der Waals surface area contributed by atoms with E-state index in [9.17, 15) is 19.2 Å². The minimum absolute atomic E-state index is 0.00607. The van der Waals surface area contributed by atoms with Crippen molar-refractivity contribution in [3.63, 3.8) is 0 Å². The molecule has 0 bridgehead atoms. The molecule has 72 heavy (non-hydrogen) atoms. The summed E-state index contributed by atoms with van der Waals surface area (Å²) < 4.78 is 36.4. The second kappa shape index (κ2) is 25.8. The largest absolute Gasteiger partial charge is 0.489 e. The Balaban J connectivity index is 1.42. The first-order chi connectivity index (χ1) is 34.5. The van der Waals surface area contributed by atoms with Crippen molar-refractivity contribution < 1.29 is 47.6 Å². The molecule has 0 aromatic heterocycles. The molecule has 0 aliphatic heterocycles. The Morgan fingerprint density at radius 2 is 1.01 bits per heavy atom. The SMILES string of the molecule is CCN[C@@](Cc1cc(-c2ccc(OCc3ccccc3)c(C[C@H](NC(=O)OCc3ccccc3)C(=O)OCC[Si](C)(C)C)c2)ccc1OCc1ccccc1)(C(=O)OCc1ccccc1)C(=O)OC(C)(C)C. The maximum Gasteiger partial charge on any atom is 0.408 e. The van der Waals surface area contributed by atoms with E-state index in [1.165, 1.54) is 0 Å². The van der Waals surface area contributed by atoms with Gasteiger partial charge in [0.2, 0.25) is 5.54 Å². The fraction of sp³-hybridized carbons (Fsp3) is 0.322. The van der Waals surface area contributed by atoms with Crippen LogP contribution in [-0.4, -0.2) is 62.4 Å². The molecule has 0 unspecified atom stereocenters. The van der Waals surface area contributed by atoms with E-state index in [-0.39, 0.29) is 52.4 Å². The van der Waals surface area contributed by atoms with Crippen LogP contribution in [0.15, 0.2) is 158 Å². The maximum atomic E-state index is 14.6. The highest BCUT2D eigenvalue weighted by atomic mass is 28.3. The van der Waals surface area contributed by atoms with Gasteiger partial charge in [-0.1, -0.05) is 160 Å². The Morgan fingerprint density at radius 3 is 1.49 bits per heavy atom. The Hall–Kier alpha value is -7.22. The lowest BCUT2D eigenvalue weighted by molar-refractivity contribution is -0.174. The Labute approximate surface area is 425 Å². The summed E-state index contributed by atoms with van der Waals surface area (Å²) in [6.07, 6.45) is -0.988. The second-order valence-electron chi connectivity index (χ2n) is 19.8. The molecular weight excluding hydrogens is 925 g/mol. The van der Waals surface area contributed by atoms with Crippen LogP contribution in [0, 0.1) is 0 Å². The molecule has 378 valence electrons. The number of ether oxygens (including phenoxy) is 6. The summed E-state index contributed by atoms with van der Waals surface area (Å²) in [5.74, 6) is -1.28. The van der Waals surface area contributed by atoms with Crippen molar-refractivity contribution >= 4 is 32.1 Å². The Morgan fingerprint density at radius 1 is 0.556 bits per heavy atom. The number of rotatable bonds is 24. The average molecular weight is 993 g/mol. The molecule has 1 amide bonds. The zero-order chi connectivity index (χ0) is 51.6. The van der Waals surface area contributed by atoms with E-state index in [1.54, 1.807) is 20.8 Å². The minimum atomic E-state index is -2.00. The standard InChI is InChI=1S/C59H68N2O10Si/c1-8-60-59(56(64)71-58(2,3)4,55(63)69-41-45-25-17-11-18-26-45)38-50-36-48(30-32-53(50)68-40-44-23-15-10-16-24-44)47-29-31-52(67-39-43-21-13-9-14-22-43)49(35-47)37-51(54(62)66-33-34-72(5,6)7)61-57(65)70-42-46-27-19-12-20-28-46/h9-32,35-36,51,60H,8,33-34,37-42H2,1-7H3,(H,61,65)/t51-,59-/m0/s1.